The van der Waals surface area contributed by atoms with E-state index in [9.17, 15) is 31.1 Å². The Balaban J connectivity index is 2.76. The minimum absolute atomic E-state index is 0.252. The zero-order valence-electron chi connectivity index (χ0n) is 10.5. The van der Waals surface area contributed by atoms with Crippen LogP contribution in [0.15, 0.2) is 29.1 Å². The summed E-state index contributed by atoms with van der Waals surface area (Å²) in [5.41, 5.74) is -5.18. The number of nitrogens with one attached hydrogen (secondary N) is 1. The molecule has 0 amide bonds. The third-order valence-electron chi connectivity index (χ3n) is 2.85. The number of benzene rings is 1. The van der Waals surface area contributed by atoms with Gasteiger partial charge in [-0.05, 0) is 12.1 Å². The van der Waals surface area contributed by atoms with Gasteiger partial charge in [-0.25, -0.2) is 4.68 Å². The number of H-pyrrole nitrogens is 1. The zero-order chi connectivity index (χ0) is 16.7. The van der Waals surface area contributed by atoms with E-state index < -0.39 is 45.8 Å². The van der Waals surface area contributed by atoms with E-state index in [4.69, 9.17) is 0 Å². The van der Waals surface area contributed by atoms with Gasteiger partial charge in [0.15, 0.2) is 0 Å². The van der Waals surface area contributed by atoms with Gasteiger partial charge in [0.25, 0.3) is 5.56 Å². The summed E-state index contributed by atoms with van der Waals surface area (Å²) in [6.45, 7) is 0. The van der Waals surface area contributed by atoms with Crippen molar-refractivity contribution in [3.05, 3.63) is 51.4 Å². The van der Waals surface area contributed by atoms with Gasteiger partial charge in [0.2, 0.25) is 0 Å². The smallest absolute Gasteiger partial charge is 0.286 e. The summed E-state index contributed by atoms with van der Waals surface area (Å²) in [5.74, 6) is 0. The summed E-state index contributed by atoms with van der Waals surface area (Å²) in [6.07, 6.45) is -9.70. The van der Waals surface area contributed by atoms with Crippen LogP contribution in [-0.4, -0.2) is 9.78 Å². The number of para-hydroxylation sites is 1. The highest BCUT2D eigenvalue weighted by Gasteiger charge is 2.39. The molecule has 10 heteroatoms. The second-order valence-electron chi connectivity index (χ2n) is 4.25. The van der Waals surface area contributed by atoms with Crippen LogP contribution in [0.5, 0.6) is 0 Å². The number of rotatable bonds is 2. The lowest BCUT2D eigenvalue weighted by Gasteiger charge is -2.12. The predicted molar refractivity (Wildman–Crippen MR) is 69.0 cm³/mol. The van der Waals surface area contributed by atoms with E-state index in [0.29, 0.717) is 6.07 Å². The maximum atomic E-state index is 12.9. The molecule has 0 atom stereocenters. The van der Waals surface area contributed by atoms with Gasteiger partial charge in [-0.2, -0.15) is 26.3 Å². The number of hydrogen-bond acceptors (Lipinski definition) is 1. The van der Waals surface area contributed by atoms with E-state index in [2.05, 4.69) is 15.9 Å². The topological polar surface area (TPSA) is 37.8 Å². The summed E-state index contributed by atoms with van der Waals surface area (Å²) in [7, 11) is 0. The molecule has 1 aromatic carbocycles. The summed E-state index contributed by atoms with van der Waals surface area (Å²) >= 11 is 2.74. The summed E-state index contributed by atoms with van der Waals surface area (Å²) in [5, 5.41) is 1.27. The average Bonchev–Trinajstić information content (AvgIpc) is 2.74. The number of alkyl halides is 7. The van der Waals surface area contributed by atoms with E-state index in [1.807, 2.05) is 0 Å². The van der Waals surface area contributed by atoms with Crippen molar-refractivity contribution in [3.8, 4) is 5.69 Å². The van der Waals surface area contributed by atoms with E-state index in [0.717, 1.165) is 12.1 Å². The van der Waals surface area contributed by atoms with Crippen LogP contribution in [-0.2, 0) is 17.7 Å². The SMILES string of the molecule is O=c1c(CBr)c(C(F)(F)F)[nH]n1-c1ccccc1C(F)(F)F. The number of nitrogens with zero attached hydrogens (tertiary/aromatic N) is 1. The van der Waals surface area contributed by atoms with Crippen molar-refractivity contribution in [2.45, 2.75) is 17.7 Å². The van der Waals surface area contributed by atoms with Crippen molar-refractivity contribution in [3.63, 3.8) is 0 Å². The van der Waals surface area contributed by atoms with Crippen molar-refractivity contribution >= 4 is 15.9 Å². The number of halogens is 7. The molecule has 2 rings (SSSR count). The van der Waals surface area contributed by atoms with E-state index >= 15 is 0 Å². The fourth-order valence-corrected chi connectivity index (χ4v) is 2.43. The molecule has 1 N–H and O–H groups in total. The molecule has 0 aliphatic heterocycles. The summed E-state index contributed by atoms with van der Waals surface area (Å²) in [4.78, 5) is 12.0. The molecule has 0 aliphatic carbocycles. The highest BCUT2D eigenvalue weighted by atomic mass is 79.9. The normalized spacial score (nSPS) is 12.7. The number of aromatic nitrogens is 2. The lowest BCUT2D eigenvalue weighted by molar-refractivity contribution is -0.141. The summed E-state index contributed by atoms with van der Waals surface area (Å²) in [6, 6.07) is 3.87. The quantitative estimate of drug-likeness (QED) is 0.610. The van der Waals surface area contributed by atoms with Crippen LogP contribution in [0.25, 0.3) is 5.69 Å². The van der Waals surface area contributed by atoms with Gasteiger partial charge in [-0.15, -0.1) is 0 Å². The van der Waals surface area contributed by atoms with Gasteiger partial charge in [0, 0.05) is 5.33 Å². The van der Waals surface area contributed by atoms with Crippen molar-refractivity contribution in [2.75, 3.05) is 0 Å². The van der Waals surface area contributed by atoms with Crippen LogP contribution in [0.1, 0.15) is 16.8 Å². The molecule has 0 radical (unpaired) electrons. The Labute approximate surface area is 127 Å². The Bertz CT molecular complexity index is 743. The molecule has 0 saturated carbocycles. The van der Waals surface area contributed by atoms with Gasteiger partial charge < -0.3 is 0 Å². The van der Waals surface area contributed by atoms with Crippen molar-refractivity contribution < 1.29 is 26.3 Å². The molecule has 0 saturated heterocycles. The molecular formula is C12H7BrF6N2O. The van der Waals surface area contributed by atoms with Gasteiger partial charge in [-0.3, -0.25) is 9.89 Å². The predicted octanol–water partition coefficient (Wildman–Crippen LogP) is 4.10. The van der Waals surface area contributed by atoms with Crippen LogP contribution in [0.2, 0.25) is 0 Å². The minimum atomic E-state index is -4.89. The van der Waals surface area contributed by atoms with Gasteiger partial charge in [0.05, 0.1) is 16.8 Å². The average molecular weight is 389 g/mol. The Morgan fingerprint density at radius 1 is 1.05 bits per heavy atom. The first-order valence-corrected chi connectivity index (χ1v) is 6.83. The summed E-state index contributed by atoms with van der Waals surface area (Å²) < 4.78 is 77.6. The molecule has 22 heavy (non-hydrogen) atoms. The first kappa shape index (κ1) is 16.7. The minimum Gasteiger partial charge on any atom is -0.286 e. The number of hydrogen-bond donors (Lipinski definition) is 1. The second-order valence-corrected chi connectivity index (χ2v) is 4.81. The van der Waals surface area contributed by atoms with Gasteiger partial charge in [-0.1, -0.05) is 28.1 Å². The zero-order valence-corrected chi connectivity index (χ0v) is 12.1. The van der Waals surface area contributed by atoms with E-state index in [1.54, 1.807) is 5.10 Å². The largest absolute Gasteiger partial charge is 0.433 e. The Hall–Kier alpha value is -1.71. The molecule has 1 heterocycles. The first-order chi connectivity index (χ1) is 10.1. The molecular weight excluding hydrogens is 382 g/mol. The molecule has 2 aromatic rings. The van der Waals surface area contributed by atoms with Crippen molar-refractivity contribution in [1.29, 1.82) is 0 Å². The van der Waals surface area contributed by atoms with Crippen LogP contribution >= 0.6 is 15.9 Å². The van der Waals surface area contributed by atoms with Crippen molar-refractivity contribution in [2.24, 2.45) is 0 Å². The van der Waals surface area contributed by atoms with Crippen LogP contribution in [0.3, 0.4) is 0 Å². The Morgan fingerprint density at radius 3 is 2.09 bits per heavy atom. The lowest BCUT2D eigenvalue weighted by atomic mass is 10.1. The number of aromatic amines is 1. The molecule has 0 spiro atoms. The fraction of sp³-hybridized carbons (Fsp3) is 0.250. The second kappa shape index (κ2) is 5.49. The molecule has 0 unspecified atom stereocenters. The van der Waals surface area contributed by atoms with Crippen LogP contribution < -0.4 is 5.56 Å². The van der Waals surface area contributed by atoms with Crippen LogP contribution in [0, 0.1) is 0 Å². The molecule has 3 nitrogen and oxygen atoms in total. The molecule has 0 fully saturated rings. The van der Waals surface area contributed by atoms with Gasteiger partial charge in [0.1, 0.15) is 5.69 Å². The standard InChI is InChI=1S/C12H7BrF6N2O/c13-5-6-9(12(17,18)19)20-21(10(6)22)8-4-2-1-3-7(8)11(14,15)16/h1-4,20H,5H2. The monoisotopic (exact) mass is 388 g/mol. The van der Waals surface area contributed by atoms with E-state index in [-0.39, 0.29) is 4.68 Å². The fourth-order valence-electron chi connectivity index (χ4n) is 1.91. The first-order valence-electron chi connectivity index (χ1n) is 5.71. The highest BCUT2D eigenvalue weighted by Crippen LogP contribution is 2.35. The van der Waals surface area contributed by atoms with Crippen molar-refractivity contribution in [1.82, 2.24) is 9.78 Å². The maximum Gasteiger partial charge on any atom is 0.433 e. The molecule has 0 bridgehead atoms. The van der Waals surface area contributed by atoms with Crippen LogP contribution in [0.4, 0.5) is 26.3 Å². The highest BCUT2D eigenvalue weighted by molar-refractivity contribution is 9.08. The Morgan fingerprint density at radius 2 is 1.64 bits per heavy atom. The molecule has 1 aromatic heterocycles. The van der Waals surface area contributed by atoms with Gasteiger partial charge >= 0.3 is 12.4 Å². The maximum absolute atomic E-state index is 12.9. The van der Waals surface area contributed by atoms with E-state index in [1.165, 1.54) is 6.07 Å². The molecule has 0 aliphatic rings. The third kappa shape index (κ3) is 2.92. The molecule has 120 valence electrons. The lowest BCUT2D eigenvalue weighted by Crippen LogP contribution is -2.20. The Kier molecular flexibility index (Phi) is 4.16. The third-order valence-corrected chi connectivity index (χ3v) is 3.41.